The zero-order valence-corrected chi connectivity index (χ0v) is 18.9. The fraction of sp³-hybridized carbons (Fsp3) is 0.364. The Morgan fingerprint density at radius 2 is 1.59 bits per heavy atom. The highest BCUT2D eigenvalue weighted by atomic mass is 35.5. The lowest BCUT2D eigenvalue weighted by Crippen LogP contribution is -2.38. The van der Waals surface area contributed by atoms with Gasteiger partial charge in [0, 0.05) is 42.3 Å². The molecular formula is C22H27Cl2N3O2. The summed E-state index contributed by atoms with van der Waals surface area (Å²) >= 11 is 12.2. The van der Waals surface area contributed by atoms with Crippen molar-refractivity contribution in [2.45, 2.75) is 39.4 Å². The predicted octanol–water partition coefficient (Wildman–Crippen LogP) is 5.38. The van der Waals surface area contributed by atoms with Gasteiger partial charge in [0.15, 0.2) is 0 Å². The maximum atomic E-state index is 12.5. The number of hydrogen-bond donors (Lipinski definition) is 1. The molecule has 3 amide bonds. The molecule has 0 fully saturated rings. The van der Waals surface area contributed by atoms with Crippen molar-refractivity contribution in [2.24, 2.45) is 0 Å². The highest BCUT2D eigenvalue weighted by Gasteiger charge is 2.20. The van der Waals surface area contributed by atoms with E-state index in [4.69, 9.17) is 23.2 Å². The van der Waals surface area contributed by atoms with Crippen LogP contribution in [-0.4, -0.2) is 41.9 Å². The number of urea groups is 1. The van der Waals surface area contributed by atoms with Gasteiger partial charge in [0.2, 0.25) is 0 Å². The number of nitrogens with zero attached hydrogens (tertiary/aromatic N) is 2. The van der Waals surface area contributed by atoms with Crippen molar-refractivity contribution in [1.82, 2.24) is 15.1 Å². The molecule has 29 heavy (non-hydrogen) atoms. The summed E-state index contributed by atoms with van der Waals surface area (Å²) in [5.41, 5.74) is 2.36. The minimum Gasteiger partial charge on any atom is -0.339 e. The minimum absolute atomic E-state index is 0.0241. The lowest BCUT2D eigenvalue weighted by Gasteiger charge is -2.26. The predicted molar refractivity (Wildman–Crippen MR) is 119 cm³/mol. The first-order valence-electron chi connectivity index (χ1n) is 9.43. The van der Waals surface area contributed by atoms with Gasteiger partial charge < -0.3 is 15.1 Å². The highest BCUT2D eigenvalue weighted by Crippen LogP contribution is 2.29. The van der Waals surface area contributed by atoms with E-state index in [1.165, 1.54) is 0 Å². The summed E-state index contributed by atoms with van der Waals surface area (Å²) in [4.78, 5) is 28.2. The second kappa shape index (κ2) is 9.99. The maximum Gasteiger partial charge on any atom is 0.317 e. The molecule has 7 heteroatoms. The molecule has 156 valence electrons. The molecule has 1 atom stereocenters. The summed E-state index contributed by atoms with van der Waals surface area (Å²) in [5.74, 6) is -0.0241. The van der Waals surface area contributed by atoms with Crippen LogP contribution in [0.25, 0.3) is 0 Å². The van der Waals surface area contributed by atoms with Crippen LogP contribution in [0.5, 0.6) is 0 Å². The van der Waals surface area contributed by atoms with Gasteiger partial charge >= 0.3 is 6.03 Å². The fourth-order valence-corrected chi connectivity index (χ4v) is 3.30. The van der Waals surface area contributed by atoms with Crippen LogP contribution in [0.1, 0.15) is 48.3 Å². The third-order valence-electron chi connectivity index (χ3n) is 5.05. The second-order valence-corrected chi connectivity index (χ2v) is 8.16. The number of halogens is 2. The van der Waals surface area contributed by atoms with Crippen LogP contribution in [0.3, 0.4) is 0 Å². The molecule has 2 aromatic carbocycles. The molecule has 0 bridgehead atoms. The maximum absolute atomic E-state index is 12.5. The molecule has 0 aliphatic rings. The van der Waals surface area contributed by atoms with E-state index in [9.17, 15) is 9.59 Å². The van der Waals surface area contributed by atoms with Crippen molar-refractivity contribution in [2.75, 3.05) is 14.1 Å². The molecule has 0 saturated heterocycles. The summed E-state index contributed by atoms with van der Waals surface area (Å²) in [7, 11) is 3.50. The van der Waals surface area contributed by atoms with Crippen LogP contribution >= 0.6 is 23.2 Å². The van der Waals surface area contributed by atoms with E-state index in [2.05, 4.69) is 5.32 Å². The van der Waals surface area contributed by atoms with Gasteiger partial charge in [-0.25, -0.2) is 4.79 Å². The molecule has 0 heterocycles. The Morgan fingerprint density at radius 1 is 0.966 bits per heavy atom. The number of hydrogen-bond acceptors (Lipinski definition) is 2. The van der Waals surface area contributed by atoms with Crippen molar-refractivity contribution in [1.29, 1.82) is 0 Å². The van der Waals surface area contributed by atoms with E-state index >= 15 is 0 Å². The molecule has 0 spiro atoms. The van der Waals surface area contributed by atoms with E-state index in [1.54, 1.807) is 48.2 Å². The van der Waals surface area contributed by atoms with Crippen LogP contribution < -0.4 is 5.32 Å². The van der Waals surface area contributed by atoms with E-state index in [1.807, 2.05) is 39.0 Å². The Balaban J connectivity index is 1.96. The zero-order valence-electron chi connectivity index (χ0n) is 17.4. The molecule has 1 N–H and O–H groups in total. The number of carbonyl (C=O) groups is 2. The number of amides is 3. The quantitative estimate of drug-likeness (QED) is 0.662. The monoisotopic (exact) mass is 435 g/mol. The first-order valence-corrected chi connectivity index (χ1v) is 10.2. The molecule has 0 saturated carbocycles. The van der Waals surface area contributed by atoms with Gasteiger partial charge in [-0.1, -0.05) is 41.4 Å². The minimum atomic E-state index is -0.219. The average molecular weight is 436 g/mol. The Labute approximate surface area is 182 Å². The molecular weight excluding hydrogens is 409 g/mol. The summed E-state index contributed by atoms with van der Waals surface area (Å²) in [6.07, 6.45) is 0. The van der Waals surface area contributed by atoms with Crippen molar-refractivity contribution >= 4 is 35.1 Å². The molecule has 2 aromatic rings. The Kier molecular flexibility index (Phi) is 7.94. The van der Waals surface area contributed by atoms with Gasteiger partial charge in [0.05, 0.1) is 6.04 Å². The average Bonchev–Trinajstić information content (AvgIpc) is 2.70. The van der Waals surface area contributed by atoms with Gasteiger partial charge in [-0.05, 0) is 56.2 Å². The van der Waals surface area contributed by atoms with Gasteiger partial charge in [-0.3, -0.25) is 4.79 Å². The fourth-order valence-electron chi connectivity index (χ4n) is 2.73. The highest BCUT2D eigenvalue weighted by molar-refractivity contribution is 6.35. The molecule has 0 aromatic heterocycles. The van der Waals surface area contributed by atoms with E-state index in [0.29, 0.717) is 22.2 Å². The number of nitrogens with one attached hydrogen (secondary N) is 1. The number of carbonyl (C=O) groups excluding carboxylic acids is 2. The van der Waals surface area contributed by atoms with Gasteiger partial charge in [0.1, 0.15) is 0 Å². The summed E-state index contributed by atoms with van der Waals surface area (Å²) in [5, 5.41) is 3.97. The van der Waals surface area contributed by atoms with Crippen LogP contribution in [0.4, 0.5) is 4.79 Å². The Morgan fingerprint density at radius 3 is 2.14 bits per heavy atom. The lowest BCUT2D eigenvalue weighted by molar-refractivity contribution is 0.0755. The van der Waals surface area contributed by atoms with Crippen LogP contribution in [-0.2, 0) is 6.54 Å². The first kappa shape index (κ1) is 23.0. The molecule has 0 radical (unpaired) electrons. The molecule has 0 aliphatic carbocycles. The van der Waals surface area contributed by atoms with Crippen LogP contribution in [0.2, 0.25) is 10.0 Å². The van der Waals surface area contributed by atoms with Crippen molar-refractivity contribution in [3.05, 3.63) is 69.2 Å². The van der Waals surface area contributed by atoms with E-state index in [0.717, 1.165) is 11.1 Å². The molecule has 5 nitrogen and oxygen atoms in total. The van der Waals surface area contributed by atoms with E-state index in [-0.39, 0.29) is 24.0 Å². The Hall–Kier alpha value is -2.24. The van der Waals surface area contributed by atoms with Crippen molar-refractivity contribution in [3.8, 4) is 0 Å². The number of benzene rings is 2. The third kappa shape index (κ3) is 5.87. The SMILES string of the molecule is CC(C)N(C)C(=O)c1ccc(CNC(=O)N(C)C(C)c2ccc(Cl)cc2Cl)cc1. The van der Waals surface area contributed by atoms with Gasteiger partial charge in [-0.2, -0.15) is 0 Å². The summed E-state index contributed by atoms with van der Waals surface area (Å²) < 4.78 is 0. The van der Waals surface area contributed by atoms with Gasteiger partial charge in [-0.15, -0.1) is 0 Å². The Bertz CT molecular complexity index is 869. The molecule has 0 aliphatic heterocycles. The second-order valence-electron chi connectivity index (χ2n) is 7.32. The van der Waals surface area contributed by atoms with E-state index < -0.39 is 0 Å². The summed E-state index contributed by atoms with van der Waals surface area (Å²) in [6.45, 7) is 6.20. The topological polar surface area (TPSA) is 52.7 Å². The van der Waals surface area contributed by atoms with Crippen molar-refractivity contribution in [3.63, 3.8) is 0 Å². The van der Waals surface area contributed by atoms with Crippen molar-refractivity contribution < 1.29 is 9.59 Å². The van der Waals surface area contributed by atoms with Gasteiger partial charge in [0.25, 0.3) is 5.91 Å². The summed E-state index contributed by atoms with van der Waals surface area (Å²) in [6, 6.07) is 12.2. The zero-order chi connectivity index (χ0) is 21.7. The first-order chi connectivity index (χ1) is 13.6. The normalized spacial score (nSPS) is 11.9. The molecule has 2 rings (SSSR count). The lowest BCUT2D eigenvalue weighted by atomic mass is 10.1. The van der Waals surface area contributed by atoms with Crippen LogP contribution in [0.15, 0.2) is 42.5 Å². The molecule has 1 unspecified atom stereocenters. The number of rotatable bonds is 6. The standard InChI is InChI=1S/C22H27Cl2N3O2/c1-14(2)26(4)21(28)17-8-6-16(7-9-17)13-25-22(29)27(5)15(3)19-11-10-18(23)12-20(19)24/h6-12,14-15H,13H2,1-5H3,(H,25,29). The largest absolute Gasteiger partial charge is 0.339 e. The third-order valence-corrected chi connectivity index (χ3v) is 5.62. The van der Waals surface area contributed by atoms with Crippen LogP contribution in [0, 0.1) is 0 Å². The smallest absolute Gasteiger partial charge is 0.317 e.